The minimum Gasteiger partial charge on any atom is -0.378 e. The van der Waals surface area contributed by atoms with Crippen LogP contribution in [0.1, 0.15) is 45.4 Å². The highest BCUT2D eigenvalue weighted by atomic mass is 16.5. The van der Waals surface area contributed by atoms with Crippen LogP contribution in [0.25, 0.3) is 11.3 Å². The van der Waals surface area contributed by atoms with E-state index in [2.05, 4.69) is 43.2 Å². The molecule has 0 unspecified atom stereocenters. The second kappa shape index (κ2) is 12.7. The van der Waals surface area contributed by atoms with E-state index in [1.807, 2.05) is 25.3 Å². The number of carbonyl (C=O) groups excluding carboxylic acids is 1. The van der Waals surface area contributed by atoms with Gasteiger partial charge in [0.05, 0.1) is 18.9 Å². The van der Waals surface area contributed by atoms with Gasteiger partial charge in [0.25, 0.3) is 0 Å². The molecule has 2 aliphatic heterocycles. The van der Waals surface area contributed by atoms with Gasteiger partial charge >= 0.3 is 0 Å². The second-order valence-corrected chi connectivity index (χ2v) is 10.6. The molecule has 0 radical (unpaired) electrons. The maximum absolute atomic E-state index is 11.7. The zero-order valence-electron chi connectivity index (χ0n) is 22.3. The van der Waals surface area contributed by atoms with Crippen LogP contribution in [0.2, 0.25) is 0 Å². The van der Waals surface area contributed by atoms with Gasteiger partial charge in [0.2, 0.25) is 5.91 Å². The molecule has 5 rings (SSSR count). The highest BCUT2D eigenvalue weighted by Crippen LogP contribution is 2.29. The van der Waals surface area contributed by atoms with Crippen molar-refractivity contribution in [1.82, 2.24) is 20.2 Å². The lowest BCUT2D eigenvalue weighted by molar-refractivity contribution is -0.121. The average molecular weight is 507 g/mol. The van der Waals surface area contributed by atoms with Crippen LogP contribution in [0.15, 0.2) is 36.5 Å². The largest absolute Gasteiger partial charge is 0.378 e. The summed E-state index contributed by atoms with van der Waals surface area (Å²) in [5, 5.41) is 3.18. The highest BCUT2D eigenvalue weighted by Gasteiger charge is 2.25. The van der Waals surface area contributed by atoms with Crippen LogP contribution in [-0.4, -0.2) is 85.8 Å². The topological polar surface area (TPSA) is 73.8 Å². The lowest BCUT2D eigenvalue weighted by Gasteiger charge is -2.37. The SMILES string of the molecule is CCC(=O)N[C@H]1CC[C@H](CCN2CCN(c3cc(-c4ccccn4)cc(N4CCOCC4)n3)CC2)CC1. The summed E-state index contributed by atoms with van der Waals surface area (Å²) < 4.78 is 5.57. The van der Waals surface area contributed by atoms with Crippen molar-refractivity contribution < 1.29 is 9.53 Å². The first-order chi connectivity index (χ1) is 18.2. The molecule has 0 bridgehead atoms. The first-order valence-corrected chi connectivity index (χ1v) is 14.2. The van der Waals surface area contributed by atoms with E-state index in [4.69, 9.17) is 9.72 Å². The quantitative estimate of drug-likeness (QED) is 0.587. The monoisotopic (exact) mass is 506 g/mol. The molecule has 1 N–H and O–H groups in total. The van der Waals surface area contributed by atoms with E-state index in [1.54, 1.807) is 0 Å². The summed E-state index contributed by atoms with van der Waals surface area (Å²) in [6.07, 6.45) is 8.46. The number of piperazine rings is 1. The number of anilines is 2. The number of morpholine rings is 1. The predicted octanol–water partition coefficient (Wildman–Crippen LogP) is 3.58. The molecule has 0 atom stereocenters. The van der Waals surface area contributed by atoms with Gasteiger partial charge in [0, 0.05) is 63.5 Å². The minimum atomic E-state index is 0.193. The molecular formula is C29H42N6O2. The van der Waals surface area contributed by atoms with Crippen LogP contribution >= 0.6 is 0 Å². The highest BCUT2D eigenvalue weighted by molar-refractivity contribution is 5.75. The third kappa shape index (κ3) is 6.99. The average Bonchev–Trinajstić information content (AvgIpc) is 2.97. The van der Waals surface area contributed by atoms with Gasteiger partial charge in [-0.3, -0.25) is 14.7 Å². The molecule has 3 fully saturated rings. The van der Waals surface area contributed by atoms with E-state index >= 15 is 0 Å². The van der Waals surface area contributed by atoms with E-state index < -0.39 is 0 Å². The number of carbonyl (C=O) groups is 1. The standard InChI is InChI=1S/C29H42N6O2/c1-2-29(36)31-25-8-6-23(7-9-25)10-12-33-13-15-34(16-14-33)27-21-24(26-5-3-4-11-30-26)22-28(32-27)35-17-19-37-20-18-35/h3-5,11,21-23,25H,2,6-10,12-20H2,1H3,(H,31,36)/t23-,25-. The van der Waals surface area contributed by atoms with Crippen molar-refractivity contribution in [3.63, 3.8) is 0 Å². The van der Waals surface area contributed by atoms with Crippen molar-refractivity contribution >= 4 is 17.5 Å². The van der Waals surface area contributed by atoms with Crippen molar-refractivity contribution in [3.8, 4) is 11.3 Å². The summed E-state index contributed by atoms with van der Waals surface area (Å²) in [5.74, 6) is 3.06. The summed E-state index contributed by atoms with van der Waals surface area (Å²) in [7, 11) is 0. The third-order valence-corrected chi connectivity index (χ3v) is 8.18. The molecule has 2 saturated heterocycles. The van der Waals surface area contributed by atoms with Gasteiger partial charge in [-0.1, -0.05) is 13.0 Å². The van der Waals surface area contributed by atoms with Gasteiger partial charge in [-0.2, -0.15) is 0 Å². The van der Waals surface area contributed by atoms with Gasteiger partial charge in [-0.25, -0.2) is 4.98 Å². The van der Waals surface area contributed by atoms with Gasteiger partial charge in [-0.15, -0.1) is 0 Å². The molecule has 1 aliphatic carbocycles. The van der Waals surface area contributed by atoms with Crippen LogP contribution in [-0.2, 0) is 9.53 Å². The summed E-state index contributed by atoms with van der Waals surface area (Å²) >= 11 is 0. The fraction of sp³-hybridized carbons (Fsp3) is 0.621. The maximum atomic E-state index is 11.7. The molecule has 3 aliphatic rings. The lowest BCUT2D eigenvalue weighted by Crippen LogP contribution is -2.47. The third-order valence-electron chi connectivity index (χ3n) is 8.18. The molecule has 1 amide bonds. The Labute approximate surface area is 221 Å². The molecule has 1 saturated carbocycles. The van der Waals surface area contributed by atoms with Gasteiger partial charge in [-0.05, 0) is 68.8 Å². The molecule has 200 valence electrons. The van der Waals surface area contributed by atoms with Crippen molar-refractivity contribution in [3.05, 3.63) is 36.5 Å². The Morgan fingerprint density at radius 1 is 0.973 bits per heavy atom. The van der Waals surface area contributed by atoms with Crippen molar-refractivity contribution in [2.24, 2.45) is 5.92 Å². The summed E-state index contributed by atoms with van der Waals surface area (Å²) in [6, 6.07) is 10.9. The molecule has 4 heterocycles. The van der Waals surface area contributed by atoms with Gasteiger partial charge in [0.1, 0.15) is 11.6 Å². The lowest BCUT2D eigenvalue weighted by atomic mass is 9.84. The number of hydrogen-bond acceptors (Lipinski definition) is 7. The number of amides is 1. The van der Waals surface area contributed by atoms with Crippen molar-refractivity contribution in [2.45, 2.75) is 51.5 Å². The minimum absolute atomic E-state index is 0.193. The van der Waals surface area contributed by atoms with Crippen LogP contribution in [0, 0.1) is 5.92 Å². The van der Waals surface area contributed by atoms with E-state index in [0.717, 1.165) is 94.1 Å². The first kappa shape index (κ1) is 25.9. The Morgan fingerprint density at radius 2 is 1.68 bits per heavy atom. The molecule has 0 aromatic carbocycles. The van der Waals surface area contributed by atoms with Crippen LogP contribution < -0.4 is 15.1 Å². The van der Waals surface area contributed by atoms with E-state index in [0.29, 0.717) is 12.5 Å². The smallest absolute Gasteiger partial charge is 0.219 e. The number of ether oxygens (including phenoxy) is 1. The predicted molar refractivity (Wildman–Crippen MR) is 148 cm³/mol. The molecule has 8 nitrogen and oxygen atoms in total. The zero-order valence-corrected chi connectivity index (χ0v) is 22.3. The molecule has 8 heteroatoms. The summed E-state index contributed by atoms with van der Waals surface area (Å²) in [5.41, 5.74) is 2.11. The Balaban J connectivity index is 1.16. The second-order valence-electron chi connectivity index (χ2n) is 10.6. The van der Waals surface area contributed by atoms with Gasteiger partial charge < -0.3 is 19.9 Å². The maximum Gasteiger partial charge on any atom is 0.219 e. The van der Waals surface area contributed by atoms with E-state index in [9.17, 15) is 4.79 Å². The normalized spacial score (nSPS) is 23.2. The van der Waals surface area contributed by atoms with Crippen LogP contribution in [0.3, 0.4) is 0 Å². The molecule has 2 aromatic rings. The van der Waals surface area contributed by atoms with Crippen molar-refractivity contribution in [2.75, 3.05) is 68.8 Å². The summed E-state index contributed by atoms with van der Waals surface area (Å²) in [6.45, 7) is 10.5. The first-order valence-electron chi connectivity index (χ1n) is 14.2. The Kier molecular flexibility index (Phi) is 8.89. The number of aromatic nitrogens is 2. The Bertz CT molecular complexity index is 997. The molecular weight excluding hydrogens is 464 g/mol. The Hall–Kier alpha value is -2.71. The van der Waals surface area contributed by atoms with Crippen LogP contribution in [0.5, 0.6) is 0 Å². The zero-order chi connectivity index (χ0) is 25.5. The molecule has 2 aromatic heterocycles. The number of pyridine rings is 2. The summed E-state index contributed by atoms with van der Waals surface area (Å²) in [4.78, 5) is 28.8. The fourth-order valence-corrected chi connectivity index (χ4v) is 5.79. The fourth-order valence-electron chi connectivity index (χ4n) is 5.79. The van der Waals surface area contributed by atoms with E-state index in [1.165, 1.54) is 25.8 Å². The number of rotatable bonds is 8. The van der Waals surface area contributed by atoms with E-state index in [-0.39, 0.29) is 5.91 Å². The molecule has 37 heavy (non-hydrogen) atoms. The van der Waals surface area contributed by atoms with Crippen molar-refractivity contribution in [1.29, 1.82) is 0 Å². The van der Waals surface area contributed by atoms with Gasteiger partial charge in [0.15, 0.2) is 0 Å². The molecule has 0 spiro atoms. The van der Waals surface area contributed by atoms with Crippen LogP contribution in [0.4, 0.5) is 11.6 Å². The number of nitrogens with one attached hydrogen (secondary N) is 1. The Morgan fingerprint density at radius 3 is 2.32 bits per heavy atom. The number of hydrogen-bond donors (Lipinski definition) is 1. The number of nitrogens with zero attached hydrogens (tertiary/aromatic N) is 5.